The standard InChI is InChI=1S/C13H14ClNO5S/c1-9(13(17)20-2)21(18,19)15-12-6-5-11(14)8-10(12)4-3-7-16/h5-6,8-9,15-16H,7H2,1-2H3. The van der Waals surface area contributed by atoms with E-state index in [0.29, 0.717) is 5.02 Å². The van der Waals surface area contributed by atoms with Crippen molar-refractivity contribution in [2.24, 2.45) is 0 Å². The first kappa shape index (κ1) is 17.3. The number of hydrogen-bond acceptors (Lipinski definition) is 5. The van der Waals surface area contributed by atoms with Crippen LogP contribution in [0, 0.1) is 11.8 Å². The topological polar surface area (TPSA) is 92.7 Å². The van der Waals surface area contributed by atoms with Crippen LogP contribution in [-0.4, -0.2) is 38.5 Å². The molecule has 0 aliphatic rings. The van der Waals surface area contributed by atoms with Crippen LogP contribution < -0.4 is 4.72 Å². The number of halogens is 1. The summed E-state index contributed by atoms with van der Waals surface area (Å²) in [6, 6.07) is 4.35. The Hall–Kier alpha value is -1.75. The quantitative estimate of drug-likeness (QED) is 0.634. The molecule has 6 nitrogen and oxygen atoms in total. The van der Waals surface area contributed by atoms with E-state index in [0.717, 1.165) is 7.11 Å². The number of aliphatic hydroxyl groups excluding tert-OH is 1. The number of benzene rings is 1. The van der Waals surface area contributed by atoms with Gasteiger partial charge in [0.2, 0.25) is 10.0 Å². The van der Waals surface area contributed by atoms with Gasteiger partial charge in [0.1, 0.15) is 6.61 Å². The van der Waals surface area contributed by atoms with Gasteiger partial charge < -0.3 is 9.84 Å². The second kappa shape index (κ2) is 7.31. The summed E-state index contributed by atoms with van der Waals surface area (Å²) < 4.78 is 30.8. The van der Waals surface area contributed by atoms with Gasteiger partial charge in [0, 0.05) is 5.02 Å². The molecule has 1 rings (SSSR count). The summed E-state index contributed by atoms with van der Waals surface area (Å²) in [5.41, 5.74) is 0.452. The van der Waals surface area contributed by atoms with Gasteiger partial charge in [-0.3, -0.25) is 9.52 Å². The minimum atomic E-state index is -3.98. The van der Waals surface area contributed by atoms with Crippen LogP contribution in [-0.2, 0) is 19.6 Å². The van der Waals surface area contributed by atoms with Crippen LogP contribution in [0.2, 0.25) is 5.02 Å². The number of rotatable bonds is 4. The molecule has 2 N–H and O–H groups in total. The third-order valence-electron chi connectivity index (χ3n) is 2.53. The van der Waals surface area contributed by atoms with E-state index in [4.69, 9.17) is 16.7 Å². The Morgan fingerprint density at radius 3 is 2.76 bits per heavy atom. The highest BCUT2D eigenvalue weighted by Gasteiger charge is 2.29. The Morgan fingerprint density at radius 1 is 1.52 bits per heavy atom. The number of ether oxygens (including phenoxy) is 1. The lowest BCUT2D eigenvalue weighted by molar-refractivity contribution is -0.139. The fourth-order valence-electron chi connectivity index (χ4n) is 1.38. The zero-order valence-corrected chi connectivity index (χ0v) is 13.0. The first-order valence-electron chi connectivity index (χ1n) is 5.80. The lowest BCUT2D eigenvalue weighted by Crippen LogP contribution is -2.33. The molecular weight excluding hydrogens is 318 g/mol. The number of anilines is 1. The molecule has 0 aliphatic carbocycles. The van der Waals surface area contributed by atoms with Crippen LogP contribution in [0.3, 0.4) is 0 Å². The predicted octanol–water partition coefficient (Wildman–Crippen LogP) is 0.987. The summed E-state index contributed by atoms with van der Waals surface area (Å²) in [6.45, 7) is 0.834. The number of sulfonamides is 1. The molecule has 0 saturated carbocycles. The summed E-state index contributed by atoms with van der Waals surface area (Å²) in [5.74, 6) is 4.11. The Kier molecular flexibility index (Phi) is 6.03. The molecule has 0 saturated heterocycles. The molecule has 0 aliphatic heterocycles. The van der Waals surface area contributed by atoms with Crippen LogP contribution in [0.1, 0.15) is 12.5 Å². The van der Waals surface area contributed by atoms with Gasteiger partial charge in [-0.15, -0.1) is 0 Å². The molecule has 114 valence electrons. The summed E-state index contributed by atoms with van der Waals surface area (Å²) >= 11 is 5.82. The maximum atomic E-state index is 12.1. The van der Waals surface area contributed by atoms with Gasteiger partial charge in [-0.2, -0.15) is 0 Å². The second-order valence-corrected chi connectivity index (χ2v) is 6.40. The van der Waals surface area contributed by atoms with Gasteiger partial charge in [-0.25, -0.2) is 8.42 Å². The third-order valence-corrected chi connectivity index (χ3v) is 4.40. The SMILES string of the molecule is COC(=O)C(C)S(=O)(=O)Nc1ccc(Cl)cc1C#CCO. The van der Waals surface area contributed by atoms with Crippen LogP contribution in [0.5, 0.6) is 0 Å². The second-order valence-electron chi connectivity index (χ2n) is 3.96. The van der Waals surface area contributed by atoms with Crippen molar-refractivity contribution in [3.05, 3.63) is 28.8 Å². The molecule has 0 fully saturated rings. The Bertz CT molecular complexity index is 690. The average Bonchev–Trinajstić information content (AvgIpc) is 2.45. The molecule has 0 spiro atoms. The van der Waals surface area contributed by atoms with Crippen molar-refractivity contribution in [3.8, 4) is 11.8 Å². The molecule has 1 atom stereocenters. The number of carbonyl (C=O) groups is 1. The van der Waals surface area contributed by atoms with E-state index in [2.05, 4.69) is 21.3 Å². The third kappa shape index (κ3) is 4.63. The summed E-state index contributed by atoms with van der Waals surface area (Å²) in [6.07, 6.45) is 0. The first-order valence-corrected chi connectivity index (χ1v) is 7.73. The zero-order valence-electron chi connectivity index (χ0n) is 11.4. The number of esters is 1. The maximum Gasteiger partial charge on any atom is 0.325 e. The highest BCUT2D eigenvalue weighted by atomic mass is 35.5. The van der Waals surface area contributed by atoms with Crippen LogP contribution in [0.15, 0.2) is 18.2 Å². The Balaban J connectivity index is 3.15. The van der Waals surface area contributed by atoms with E-state index in [9.17, 15) is 13.2 Å². The summed E-state index contributed by atoms with van der Waals surface area (Å²) in [7, 11) is -2.88. The monoisotopic (exact) mass is 331 g/mol. The van der Waals surface area contributed by atoms with Gasteiger partial charge >= 0.3 is 5.97 Å². The average molecular weight is 332 g/mol. The molecule has 1 unspecified atom stereocenters. The van der Waals surface area contributed by atoms with Crippen LogP contribution >= 0.6 is 11.6 Å². The molecule has 1 aromatic rings. The van der Waals surface area contributed by atoms with E-state index >= 15 is 0 Å². The van der Waals surface area contributed by atoms with E-state index in [-0.39, 0.29) is 17.9 Å². The maximum absolute atomic E-state index is 12.1. The van der Waals surface area contributed by atoms with Gasteiger partial charge in [0.25, 0.3) is 0 Å². The van der Waals surface area contributed by atoms with Crippen molar-refractivity contribution in [1.29, 1.82) is 0 Å². The normalized spacial score (nSPS) is 12.0. The van der Waals surface area contributed by atoms with Crippen molar-refractivity contribution in [2.45, 2.75) is 12.2 Å². The zero-order chi connectivity index (χ0) is 16.0. The smallest absolute Gasteiger partial charge is 0.325 e. The fraction of sp³-hybridized carbons (Fsp3) is 0.308. The summed E-state index contributed by atoms with van der Waals surface area (Å²) in [4.78, 5) is 11.3. The van der Waals surface area contributed by atoms with E-state index in [1.165, 1.54) is 25.1 Å². The van der Waals surface area contributed by atoms with Crippen LogP contribution in [0.4, 0.5) is 5.69 Å². The number of aliphatic hydroxyl groups is 1. The molecule has 8 heteroatoms. The number of carbonyl (C=O) groups excluding carboxylic acids is 1. The number of methoxy groups -OCH3 is 1. The molecule has 0 bridgehead atoms. The number of nitrogens with one attached hydrogen (secondary N) is 1. The van der Waals surface area contributed by atoms with Crippen molar-refractivity contribution in [1.82, 2.24) is 0 Å². The van der Waals surface area contributed by atoms with Gasteiger partial charge in [0.05, 0.1) is 18.4 Å². The molecule has 21 heavy (non-hydrogen) atoms. The largest absolute Gasteiger partial charge is 0.468 e. The van der Waals surface area contributed by atoms with Crippen molar-refractivity contribution in [2.75, 3.05) is 18.4 Å². The minimum absolute atomic E-state index is 0.163. The lowest BCUT2D eigenvalue weighted by atomic mass is 10.2. The first-order chi connectivity index (χ1) is 9.81. The van der Waals surface area contributed by atoms with Crippen molar-refractivity contribution in [3.63, 3.8) is 0 Å². The van der Waals surface area contributed by atoms with Gasteiger partial charge in [-0.1, -0.05) is 23.4 Å². The fourth-order valence-corrected chi connectivity index (χ4v) is 2.56. The molecule has 1 aromatic carbocycles. The number of hydrogen-bond donors (Lipinski definition) is 2. The van der Waals surface area contributed by atoms with Crippen molar-refractivity contribution >= 4 is 33.3 Å². The van der Waals surface area contributed by atoms with E-state index in [1.807, 2.05) is 0 Å². The molecule has 0 heterocycles. The van der Waals surface area contributed by atoms with Crippen LogP contribution in [0.25, 0.3) is 0 Å². The van der Waals surface area contributed by atoms with Gasteiger partial charge in [-0.05, 0) is 25.1 Å². The molecule has 0 aromatic heterocycles. The van der Waals surface area contributed by atoms with E-state index < -0.39 is 21.2 Å². The molecular formula is C13H14ClNO5S. The highest BCUT2D eigenvalue weighted by molar-refractivity contribution is 7.94. The lowest BCUT2D eigenvalue weighted by Gasteiger charge is -2.14. The van der Waals surface area contributed by atoms with Gasteiger partial charge in [0.15, 0.2) is 5.25 Å². The Morgan fingerprint density at radius 2 is 2.19 bits per heavy atom. The highest BCUT2D eigenvalue weighted by Crippen LogP contribution is 2.22. The minimum Gasteiger partial charge on any atom is -0.468 e. The molecule has 0 amide bonds. The predicted molar refractivity (Wildman–Crippen MR) is 79.4 cm³/mol. The van der Waals surface area contributed by atoms with E-state index in [1.54, 1.807) is 0 Å². The Labute approximate surface area is 128 Å². The molecule has 0 radical (unpaired) electrons. The van der Waals surface area contributed by atoms with Crippen molar-refractivity contribution < 1.29 is 23.1 Å². The summed E-state index contributed by atoms with van der Waals surface area (Å²) in [5, 5.41) is 7.69.